The topological polar surface area (TPSA) is 50.8 Å². The molecule has 0 fully saturated rings. The van der Waals surface area contributed by atoms with Crippen LogP contribution in [0.4, 0.5) is 0 Å². The van der Waals surface area contributed by atoms with Gasteiger partial charge in [0.1, 0.15) is 0 Å². The van der Waals surface area contributed by atoms with Crippen LogP contribution in [0, 0.1) is 5.92 Å². The first kappa shape index (κ1) is 15.3. The predicted octanol–water partition coefficient (Wildman–Crippen LogP) is -0.0367. The average Bonchev–Trinajstić information content (AvgIpc) is 2.29. The van der Waals surface area contributed by atoms with Crippen molar-refractivity contribution < 1.29 is 14.3 Å². The molecule has 1 unspecified atom stereocenters. The molecule has 0 bridgehead atoms. The molecule has 16 heavy (non-hydrogen) atoms. The van der Waals surface area contributed by atoms with Crippen LogP contribution in [-0.2, 0) is 14.3 Å². The van der Waals surface area contributed by atoms with Crippen LogP contribution < -0.4 is 5.32 Å². The number of amides is 1. The molecule has 0 spiro atoms. The standard InChI is InChI=1S/C11H24N2O3/c1-10(9-12-2)11(14)13(5-7-15-3)6-8-16-4/h10,12H,5-9H2,1-4H3. The number of ether oxygens (including phenoxy) is 2. The third kappa shape index (κ3) is 6.05. The van der Waals surface area contributed by atoms with Gasteiger partial charge >= 0.3 is 0 Å². The highest BCUT2D eigenvalue weighted by atomic mass is 16.5. The Hall–Kier alpha value is -0.650. The molecule has 1 amide bonds. The van der Waals surface area contributed by atoms with Crippen molar-refractivity contribution in [3.63, 3.8) is 0 Å². The number of rotatable bonds is 9. The molecule has 1 atom stereocenters. The van der Waals surface area contributed by atoms with Crippen LogP contribution >= 0.6 is 0 Å². The van der Waals surface area contributed by atoms with Crippen LogP contribution in [0.25, 0.3) is 0 Å². The van der Waals surface area contributed by atoms with Crippen molar-refractivity contribution in [2.75, 3.05) is 54.1 Å². The van der Waals surface area contributed by atoms with E-state index in [4.69, 9.17) is 9.47 Å². The van der Waals surface area contributed by atoms with E-state index in [2.05, 4.69) is 5.32 Å². The fourth-order valence-corrected chi connectivity index (χ4v) is 1.44. The predicted molar refractivity (Wildman–Crippen MR) is 63.4 cm³/mol. The van der Waals surface area contributed by atoms with Gasteiger partial charge in [-0.15, -0.1) is 0 Å². The zero-order valence-electron chi connectivity index (χ0n) is 10.8. The van der Waals surface area contributed by atoms with Gasteiger partial charge in [0.05, 0.1) is 13.2 Å². The average molecular weight is 232 g/mol. The van der Waals surface area contributed by atoms with E-state index in [-0.39, 0.29) is 11.8 Å². The number of carbonyl (C=O) groups is 1. The smallest absolute Gasteiger partial charge is 0.226 e. The normalized spacial score (nSPS) is 12.5. The summed E-state index contributed by atoms with van der Waals surface area (Å²) in [4.78, 5) is 13.8. The first-order valence-electron chi connectivity index (χ1n) is 5.58. The highest BCUT2D eigenvalue weighted by Crippen LogP contribution is 2.01. The largest absolute Gasteiger partial charge is 0.383 e. The first-order chi connectivity index (χ1) is 7.67. The molecular formula is C11H24N2O3. The van der Waals surface area contributed by atoms with Gasteiger partial charge in [-0.1, -0.05) is 6.92 Å². The lowest BCUT2D eigenvalue weighted by atomic mass is 10.1. The van der Waals surface area contributed by atoms with Crippen LogP contribution in [0.15, 0.2) is 0 Å². The van der Waals surface area contributed by atoms with Gasteiger partial charge in [-0.3, -0.25) is 4.79 Å². The lowest BCUT2D eigenvalue weighted by Gasteiger charge is -2.25. The van der Waals surface area contributed by atoms with Gasteiger partial charge in [0.25, 0.3) is 0 Å². The second-order valence-corrected chi connectivity index (χ2v) is 3.77. The molecule has 5 nitrogen and oxygen atoms in total. The summed E-state index contributed by atoms with van der Waals surface area (Å²) in [6.45, 7) is 4.96. The minimum absolute atomic E-state index is 0.0151. The van der Waals surface area contributed by atoms with E-state index in [0.29, 0.717) is 32.8 Å². The maximum absolute atomic E-state index is 12.0. The molecule has 0 heterocycles. The van der Waals surface area contributed by atoms with Crippen molar-refractivity contribution in [3.8, 4) is 0 Å². The van der Waals surface area contributed by atoms with Crippen molar-refractivity contribution in [2.45, 2.75) is 6.92 Å². The Morgan fingerprint density at radius 1 is 1.25 bits per heavy atom. The van der Waals surface area contributed by atoms with Crippen LogP contribution in [0.2, 0.25) is 0 Å². The molecule has 96 valence electrons. The van der Waals surface area contributed by atoms with Gasteiger partial charge < -0.3 is 19.7 Å². The quantitative estimate of drug-likeness (QED) is 0.606. The number of carbonyl (C=O) groups excluding carboxylic acids is 1. The van der Waals surface area contributed by atoms with E-state index in [1.807, 2.05) is 14.0 Å². The summed E-state index contributed by atoms with van der Waals surface area (Å²) in [5.41, 5.74) is 0. The number of hydrogen-bond acceptors (Lipinski definition) is 4. The molecule has 0 aliphatic carbocycles. The highest BCUT2D eigenvalue weighted by Gasteiger charge is 2.19. The van der Waals surface area contributed by atoms with Crippen LogP contribution in [0.3, 0.4) is 0 Å². The zero-order valence-corrected chi connectivity index (χ0v) is 10.8. The summed E-state index contributed by atoms with van der Waals surface area (Å²) in [5, 5.41) is 3.01. The van der Waals surface area contributed by atoms with E-state index in [0.717, 1.165) is 0 Å². The van der Waals surface area contributed by atoms with E-state index in [1.54, 1.807) is 19.1 Å². The molecule has 0 aromatic carbocycles. The third-order valence-corrected chi connectivity index (χ3v) is 2.37. The summed E-state index contributed by atoms with van der Waals surface area (Å²) in [6, 6.07) is 0. The lowest BCUT2D eigenvalue weighted by molar-refractivity contribution is -0.136. The van der Waals surface area contributed by atoms with E-state index >= 15 is 0 Å². The van der Waals surface area contributed by atoms with Crippen LogP contribution in [-0.4, -0.2) is 64.9 Å². The number of hydrogen-bond donors (Lipinski definition) is 1. The molecule has 0 aromatic heterocycles. The minimum Gasteiger partial charge on any atom is -0.383 e. The highest BCUT2D eigenvalue weighted by molar-refractivity contribution is 5.78. The van der Waals surface area contributed by atoms with Crippen molar-refractivity contribution in [1.29, 1.82) is 0 Å². The maximum atomic E-state index is 12.0. The van der Waals surface area contributed by atoms with Gasteiger partial charge in [-0.2, -0.15) is 0 Å². The zero-order chi connectivity index (χ0) is 12.4. The number of methoxy groups -OCH3 is 2. The molecular weight excluding hydrogens is 208 g/mol. The molecule has 0 aliphatic heterocycles. The Kier molecular flexibility index (Phi) is 9.18. The van der Waals surface area contributed by atoms with Crippen molar-refractivity contribution in [2.24, 2.45) is 5.92 Å². The van der Waals surface area contributed by atoms with Crippen LogP contribution in [0.1, 0.15) is 6.92 Å². The maximum Gasteiger partial charge on any atom is 0.226 e. The Morgan fingerprint density at radius 2 is 1.75 bits per heavy atom. The van der Waals surface area contributed by atoms with E-state index in [9.17, 15) is 4.79 Å². The summed E-state index contributed by atoms with van der Waals surface area (Å²) in [7, 11) is 5.12. The van der Waals surface area contributed by atoms with Gasteiger partial charge in [0.2, 0.25) is 5.91 Å². The summed E-state index contributed by atoms with van der Waals surface area (Å²) in [6.07, 6.45) is 0. The van der Waals surface area contributed by atoms with Crippen LogP contribution in [0.5, 0.6) is 0 Å². The third-order valence-electron chi connectivity index (χ3n) is 2.37. The van der Waals surface area contributed by atoms with Gasteiger partial charge in [-0.05, 0) is 7.05 Å². The number of nitrogens with zero attached hydrogens (tertiary/aromatic N) is 1. The van der Waals surface area contributed by atoms with Crippen molar-refractivity contribution >= 4 is 5.91 Å². The van der Waals surface area contributed by atoms with Gasteiger partial charge in [0.15, 0.2) is 0 Å². The van der Waals surface area contributed by atoms with E-state index < -0.39 is 0 Å². The molecule has 1 N–H and O–H groups in total. The molecule has 0 saturated heterocycles. The summed E-state index contributed by atoms with van der Waals surface area (Å²) < 4.78 is 9.98. The van der Waals surface area contributed by atoms with Gasteiger partial charge in [0, 0.05) is 39.8 Å². The fourth-order valence-electron chi connectivity index (χ4n) is 1.44. The molecule has 5 heteroatoms. The van der Waals surface area contributed by atoms with Gasteiger partial charge in [-0.25, -0.2) is 0 Å². The molecule has 0 aliphatic rings. The monoisotopic (exact) mass is 232 g/mol. The second-order valence-electron chi connectivity index (χ2n) is 3.77. The Labute approximate surface area is 98.1 Å². The number of nitrogens with one attached hydrogen (secondary N) is 1. The molecule has 0 aromatic rings. The SMILES string of the molecule is CNCC(C)C(=O)N(CCOC)CCOC. The lowest BCUT2D eigenvalue weighted by Crippen LogP contribution is -2.42. The summed E-state index contributed by atoms with van der Waals surface area (Å²) >= 11 is 0. The second kappa shape index (κ2) is 9.57. The Morgan fingerprint density at radius 3 is 2.12 bits per heavy atom. The summed E-state index contributed by atoms with van der Waals surface area (Å²) in [5.74, 6) is 0.127. The van der Waals surface area contributed by atoms with E-state index in [1.165, 1.54) is 0 Å². The molecule has 0 saturated carbocycles. The minimum atomic E-state index is -0.0151. The van der Waals surface area contributed by atoms with Crippen molar-refractivity contribution in [1.82, 2.24) is 10.2 Å². The van der Waals surface area contributed by atoms with Crippen molar-refractivity contribution in [3.05, 3.63) is 0 Å². The Balaban J connectivity index is 4.18. The Bertz CT molecular complexity index is 180. The molecule has 0 rings (SSSR count). The first-order valence-corrected chi connectivity index (χ1v) is 5.58. The molecule has 0 radical (unpaired) electrons. The fraction of sp³-hybridized carbons (Fsp3) is 0.909.